The maximum Gasteiger partial charge on any atom is 0.339 e. The molecule has 2 aromatic rings. The van der Waals surface area contributed by atoms with Gasteiger partial charge in [0.2, 0.25) is 0 Å². The second-order valence-corrected chi connectivity index (χ2v) is 8.53. The molecule has 2 aromatic carbocycles. The van der Waals surface area contributed by atoms with Crippen molar-refractivity contribution < 1.29 is 24.0 Å². The Morgan fingerprint density at radius 1 is 1.09 bits per heavy atom. The minimum atomic E-state index is -0.816. The highest BCUT2D eigenvalue weighted by molar-refractivity contribution is 6.33. The van der Waals surface area contributed by atoms with Crippen molar-refractivity contribution in [2.75, 3.05) is 19.7 Å². The number of nitro groups is 1. The molecular weight excluding hydrogens is 436 g/mol. The largest absolute Gasteiger partial charge is 0.452 e. The van der Waals surface area contributed by atoms with Crippen LogP contribution in [0, 0.1) is 22.0 Å². The summed E-state index contributed by atoms with van der Waals surface area (Å²) in [7, 11) is 0. The minimum absolute atomic E-state index is 0.00807. The number of piperidine rings is 1. The van der Waals surface area contributed by atoms with Crippen molar-refractivity contribution in [3.05, 3.63) is 74.3 Å². The summed E-state index contributed by atoms with van der Waals surface area (Å²) in [6, 6.07) is 9.64. The Morgan fingerprint density at radius 2 is 1.72 bits per heavy atom. The van der Waals surface area contributed by atoms with Crippen LogP contribution in [0.3, 0.4) is 0 Å². The zero-order chi connectivity index (χ0) is 23.4. The lowest BCUT2D eigenvalue weighted by atomic mass is 9.92. The van der Waals surface area contributed by atoms with Crippen molar-refractivity contribution in [2.45, 2.75) is 20.3 Å². The van der Waals surface area contributed by atoms with E-state index in [-0.39, 0.29) is 27.6 Å². The predicted molar refractivity (Wildman–Crippen MR) is 118 cm³/mol. The van der Waals surface area contributed by atoms with Gasteiger partial charge in [-0.05, 0) is 36.5 Å². The second-order valence-electron chi connectivity index (χ2n) is 8.12. The van der Waals surface area contributed by atoms with Crippen molar-refractivity contribution in [1.82, 2.24) is 4.90 Å². The molecule has 8 nitrogen and oxygen atoms in total. The van der Waals surface area contributed by atoms with Gasteiger partial charge in [-0.2, -0.15) is 0 Å². The van der Waals surface area contributed by atoms with Gasteiger partial charge in [0, 0.05) is 30.3 Å². The average molecular weight is 459 g/mol. The summed E-state index contributed by atoms with van der Waals surface area (Å²) < 4.78 is 5.21. The number of rotatable bonds is 6. The third kappa shape index (κ3) is 5.31. The van der Waals surface area contributed by atoms with E-state index < -0.39 is 29.0 Å². The van der Waals surface area contributed by atoms with E-state index in [0.717, 1.165) is 12.5 Å². The van der Waals surface area contributed by atoms with E-state index >= 15 is 0 Å². The van der Waals surface area contributed by atoms with Crippen LogP contribution in [0.4, 0.5) is 5.69 Å². The van der Waals surface area contributed by atoms with Crippen LogP contribution < -0.4 is 0 Å². The molecule has 2 atom stereocenters. The molecular formula is C23H23ClN2O6. The van der Waals surface area contributed by atoms with E-state index in [0.29, 0.717) is 24.9 Å². The molecule has 9 heteroatoms. The molecule has 1 fully saturated rings. The first-order chi connectivity index (χ1) is 15.2. The zero-order valence-electron chi connectivity index (χ0n) is 17.7. The fourth-order valence-electron chi connectivity index (χ4n) is 3.97. The molecule has 0 saturated carbocycles. The number of amides is 1. The molecule has 1 aliphatic heterocycles. The van der Waals surface area contributed by atoms with Gasteiger partial charge in [-0.3, -0.25) is 19.7 Å². The highest BCUT2D eigenvalue weighted by atomic mass is 35.5. The van der Waals surface area contributed by atoms with Gasteiger partial charge in [-0.1, -0.05) is 43.6 Å². The normalized spacial score (nSPS) is 18.2. The number of benzene rings is 2. The standard InChI is InChI=1S/C23H23ClN2O6/c1-14-9-15(2)12-25(11-14)21(27)13-32-23(29)18-6-4-3-5-17(18)22(28)16-7-8-19(24)20(10-16)26(30)31/h3-8,10,14-15H,9,11-13H2,1-2H3. The summed E-state index contributed by atoms with van der Waals surface area (Å²) in [6.07, 6.45) is 1.04. The number of nitrogens with zero attached hydrogens (tertiary/aromatic N) is 2. The van der Waals surface area contributed by atoms with Crippen molar-refractivity contribution in [3.63, 3.8) is 0 Å². The smallest absolute Gasteiger partial charge is 0.339 e. The maximum absolute atomic E-state index is 13.0. The molecule has 168 valence electrons. The van der Waals surface area contributed by atoms with Crippen LogP contribution in [0.1, 0.15) is 46.5 Å². The zero-order valence-corrected chi connectivity index (χ0v) is 18.5. The summed E-state index contributed by atoms with van der Waals surface area (Å²) in [5, 5.41) is 11.0. The van der Waals surface area contributed by atoms with Crippen LogP contribution in [0.15, 0.2) is 42.5 Å². The van der Waals surface area contributed by atoms with Crippen molar-refractivity contribution in [2.24, 2.45) is 11.8 Å². The Kier molecular flexibility index (Phi) is 7.25. The molecule has 0 bridgehead atoms. The molecule has 0 radical (unpaired) electrons. The van der Waals surface area contributed by atoms with E-state index in [1.165, 1.54) is 24.3 Å². The van der Waals surface area contributed by atoms with Crippen LogP contribution in [0.25, 0.3) is 0 Å². The van der Waals surface area contributed by atoms with E-state index in [9.17, 15) is 24.5 Å². The number of carbonyl (C=O) groups is 3. The van der Waals surface area contributed by atoms with Gasteiger partial charge in [-0.15, -0.1) is 0 Å². The number of hydrogen-bond donors (Lipinski definition) is 0. The van der Waals surface area contributed by atoms with Gasteiger partial charge in [0.1, 0.15) is 5.02 Å². The van der Waals surface area contributed by atoms with Crippen LogP contribution >= 0.6 is 11.6 Å². The Labute approximate surface area is 190 Å². The first-order valence-corrected chi connectivity index (χ1v) is 10.6. The van der Waals surface area contributed by atoms with Crippen LogP contribution in [-0.4, -0.2) is 47.2 Å². The summed E-state index contributed by atoms with van der Waals surface area (Å²) in [5.74, 6) is -0.944. The first kappa shape index (κ1) is 23.4. The molecule has 0 aliphatic carbocycles. The van der Waals surface area contributed by atoms with E-state index in [4.69, 9.17) is 16.3 Å². The van der Waals surface area contributed by atoms with Crippen LogP contribution in [0.5, 0.6) is 0 Å². The highest BCUT2D eigenvalue weighted by Crippen LogP contribution is 2.27. The SMILES string of the molecule is CC1CC(C)CN(C(=O)COC(=O)c2ccccc2C(=O)c2ccc(Cl)c([N+](=O)[O-])c2)C1. The van der Waals surface area contributed by atoms with Gasteiger partial charge in [0.25, 0.3) is 11.6 Å². The third-order valence-corrected chi connectivity index (χ3v) is 5.66. The van der Waals surface area contributed by atoms with E-state index in [1.54, 1.807) is 17.0 Å². The van der Waals surface area contributed by atoms with Gasteiger partial charge in [0.05, 0.1) is 10.5 Å². The molecule has 3 rings (SSSR count). The number of nitro benzene ring substituents is 1. The summed E-state index contributed by atoms with van der Waals surface area (Å²) in [5.41, 5.74) is -0.410. The number of ether oxygens (including phenoxy) is 1. The second kappa shape index (κ2) is 9.91. The molecule has 2 unspecified atom stereocenters. The summed E-state index contributed by atoms with van der Waals surface area (Å²) >= 11 is 5.81. The number of esters is 1. The van der Waals surface area contributed by atoms with Crippen molar-refractivity contribution in [1.29, 1.82) is 0 Å². The van der Waals surface area contributed by atoms with Gasteiger partial charge < -0.3 is 9.64 Å². The number of hydrogen-bond acceptors (Lipinski definition) is 6. The predicted octanol–water partition coefficient (Wildman–Crippen LogP) is 4.14. The van der Waals surface area contributed by atoms with E-state index in [2.05, 4.69) is 13.8 Å². The average Bonchev–Trinajstić information content (AvgIpc) is 2.76. The molecule has 0 N–H and O–H groups in total. The molecule has 0 spiro atoms. The van der Waals surface area contributed by atoms with Gasteiger partial charge in [0.15, 0.2) is 12.4 Å². The molecule has 1 heterocycles. The maximum atomic E-state index is 13.0. The Hall–Kier alpha value is -3.26. The quantitative estimate of drug-likeness (QED) is 0.278. The fourth-order valence-corrected chi connectivity index (χ4v) is 4.16. The van der Waals surface area contributed by atoms with Crippen molar-refractivity contribution in [3.8, 4) is 0 Å². The number of ketones is 1. The fraction of sp³-hybridized carbons (Fsp3) is 0.348. The van der Waals surface area contributed by atoms with E-state index in [1.807, 2.05) is 0 Å². The topological polar surface area (TPSA) is 107 Å². The molecule has 1 amide bonds. The lowest BCUT2D eigenvalue weighted by Crippen LogP contribution is -2.44. The first-order valence-electron chi connectivity index (χ1n) is 10.2. The summed E-state index contributed by atoms with van der Waals surface area (Å²) in [6.45, 7) is 4.96. The molecule has 32 heavy (non-hydrogen) atoms. The van der Waals surface area contributed by atoms with Gasteiger partial charge >= 0.3 is 5.97 Å². The third-order valence-electron chi connectivity index (χ3n) is 5.34. The van der Waals surface area contributed by atoms with Crippen LogP contribution in [-0.2, 0) is 9.53 Å². The monoisotopic (exact) mass is 458 g/mol. The lowest BCUT2D eigenvalue weighted by molar-refractivity contribution is -0.384. The Bertz CT molecular complexity index is 1060. The Morgan fingerprint density at radius 3 is 2.34 bits per heavy atom. The minimum Gasteiger partial charge on any atom is -0.452 e. The number of carbonyl (C=O) groups excluding carboxylic acids is 3. The molecule has 1 aliphatic rings. The molecule has 1 saturated heterocycles. The van der Waals surface area contributed by atoms with Gasteiger partial charge in [-0.25, -0.2) is 4.79 Å². The molecule has 0 aromatic heterocycles. The van der Waals surface area contributed by atoms with Crippen LogP contribution in [0.2, 0.25) is 5.02 Å². The number of likely N-dealkylation sites (tertiary alicyclic amines) is 1. The number of halogens is 1. The lowest BCUT2D eigenvalue weighted by Gasteiger charge is -2.34. The van der Waals surface area contributed by atoms with Crippen molar-refractivity contribution >= 4 is 34.9 Å². The Balaban J connectivity index is 1.75. The summed E-state index contributed by atoms with van der Waals surface area (Å²) in [4.78, 5) is 50.3. The highest BCUT2D eigenvalue weighted by Gasteiger charge is 2.27.